The van der Waals surface area contributed by atoms with Crippen molar-refractivity contribution in [1.82, 2.24) is 0 Å². The molecule has 0 saturated carbocycles. The number of alkyl halides is 13. The van der Waals surface area contributed by atoms with Gasteiger partial charge in [-0.25, -0.2) is 0 Å². The number of aliphatic hydroxyl groups is 5. The first kappa shape index (κ1) is 34.5. The van der Waals surface area contributed by atoms with Crippen LogP contribution in [0.15, 0.2) is 12.2 Å². The van der Waals surface area contributed by atoms with Crippen molar-refractivity contribution in [1.29, 1.82) is 0 Å². The van der Waals surface area contributed by atoms with Crippen LogP contribution in [-0.4, -0.2) is 118 Å². The molecule has 1 aliphatic rings. The van der Waals surface area contributed by atoms with Crippen LogP contribution in [0.3, 0.4) is 0 Å². The van der Waals surface area contributed by atoms with Crippen LogP contribution in [0.4, 0.5) is 57.1 Å². The highest BCUT2D eigenvalue weighted by atomic mass is 19.4. The molecule has 0 aromatic heterocycles. The van der Waals surface area contributed by atoms with Gasteiger partial charge in [0.1, 0.15) is 18.3 Å². The van der Waals surface area contributed by atoms with Crippen molar-refractivity contribution in [3.63, 3.8) is 0 Å². The van der Waals surface area contributed by atoms with E-state index < -0.39 is 98.7 Å². The molecule has 1 fully saturated rings. The second-order valence-electron chi connectivity index (χ2n) is 7.64. The van der Waals surface area contributed by atoms with Crippen LogP contribution >= 0.6 is 0 Å². The fourth-order valence-electron chi connectivity index (χ4n) is 2.72. The molecule has 0 aromatic rings. The molecule has 0 aliphatic carbocycles. The molecular weight excluding hydrogens is 579 g/mol. The quantitative estimate of drug-likeness (QED) is 0.0989. The Kier molecular flexibility index (Phi) is 10.2. The highest BCUT2D eigenvalue weighted by Crippen LogP contribution is 2.60. The minimum atomic E-state index is -8.02. The molecule has 38 heavy (non-hydrogen) atoms. The van der Waals surface area contributed by atoms with Crippen molar-refractivity contribution < 1.29 is 96.8 Å². The third-order valence-electron chi connectivity index (χ3n) is 4.96. The van der Waals surface area contributed by atoms with E-state index in [2.05, 4.69) is 14.2 Å². The molecule has 1 heterocycles. The summed E-state index contributed by atoms with van der Waals surface area (Å²) in [6.07, 6.45) is -17.0. The normalized spacial score (nSPS) is 28.8. The fraction of sp³-hybridized carbons (Fsp3) is 0.882. The summed E-state index contributed by atoms with van der Waals surface area (Å²) in [5, 5.41) is 47.8. The van der Waals surface area contributed by atoms with Crippen molar-refractivity contribution in [2.24, 2.45) is 0 Å². The number of ether oxygens (including phenoxy) is 3. The first-order chi connectivity index (χ1) is 16.9. The van der Waals surface area contributed by atoms with Gasteiger partial charge in [-0.2, -0.15) is 57.1 Å². The van der Waals surface area contributed by atoms with Gasteiger partial charge in [-0.15, -0.1) is 0 Å². The van der Waals surface area contributed by atoms with Gasteiger partial charge in [-0.05, 0) is 6.08 Å². The maximum atomic E-state index is 13.6. The SMILES string of the molecule is OC[C@H]1OC(O)(OCCOCC=CC(F)(F)C(F)(F)C(F)(F)C(F)(F)C(F)(F)C(F)(F)F)[C@H](O)[C@@H](O)[C@@H]1O. The molecule has 1 aliphatic heterocycles. The van der Waals surface area contributed by atoms with E-state index in [4.69, 9.17) is 5.11 Å². The topological polar surface area (TPSA) is 129 Å². The fourth-order valence-corrected chi connectivity index (χ4v) is 2.72. The van der Waals surface area contributed by atoms with E-state index in [1.54, 1.807) is 0 Å². The largest absolute Gasteiger partial charge is 0.460 e. The second kappa shape index (κ2) is 11.2. The van der Waals surface area contributed by atoms with Crippen molar-refractivity contribution in [2.45, 2.75) is 66.2 Å². The maximum absolute atomic E-state index is 13.6. The highest BCUT2D eigenvalue weighted by molar-refractivity contribution is 5.15. The summed E-state index contributed by atoms with van der Waals surface area (Å²) in [7, 11) is 0. The monoisotopic (exact) mass is 598 g/mol. The van der Waals surface area contributed by atoms with Gasteiger partial charge in [0.05, 0.1) is 26.4 Å². The summed E-state index contributed by atoms with van der Waals surface area (Å²) in [4.78, 5) is 0. The van der Waals surface area contributed by atoms with Gasteiger partial charge in [0.15, 0.2) is 6.10 Å². The van der Waals surface area contributed by atoms with E-state index in [0.717, 1.165) is 0 Å². The Bertz CT molecular complexity index is 820. The van der Waals surface area contributed by atoms with E-state index in [9.17, 15) is 77.5 Å². The molecular formula is C17H19F13O8. The summed E-state index contributed by atoms with van der Waals surface area (Å²) in [5.41, 5.74) is 0. The third kappa shape index (κ3) is 5.98. The molecule has 0 amide bonds. The van der Waals surface area contributed by atoms with Crippen LogP contribution < -0.4 is 0 Å². The molecule has 5 atom stereocenters. The molecule has 1 saturated heterocycles. The van der Waals surface area contributed by atoms with Crippen molar-refractivity contribution in [2.75, 3.05) is 26.4 Å². The van der Waals surface area contributed by atoms with Crippen molar-refractivity contribution in [3.05, 3.63) is 12.2 Å². The zero-order chi connectivity index (χ0) is 30.2. The lowest BCUT2D eigenvalue weighted by atomic mass is 9.94. The van der Waals surface area contributed by atoms with Crippen LogP contribution in [0, 0.1) is 0 Å². The molecule has 1 unspecified atom stereocenters. The molecule has 226 valence electrons. The van der Waals surface area contributed by atoms with E-state index in [-0.39, 0.29) is 6.08 Å². The Hall–Kier alpha value is -1.49. The number of rotatable bonds is 12. The maximum Gasteiger partial charge on any atom is 0.460 e. The molecule has 0 radical (unpaired) electrons. The standard InChI is InChI=1S/C17H19F13O8/c18-11(19,13(20,21)14(22,23)15(24,25)16(26,27)17(28,29)30)2-1-3-36-4-5-37-12(35)10(34)9(33)8(32)7(6-31)38-12/h1-2,7-10,31-35H,3-6H2/t7-,8-,9+,10-,12?/m1/s1. The van der Waals surface area contributed by atoms with Crippen LogP contribution in [0.2, 0.25) is 0 Å². The minimum absolute atomic E-state index is 0.230. The van der Waals surface area contributed by atoms with E-state index in [0.29, 0.717) is 0 Å². The Labute approximate surface area is 202 Å². The van der Waals surface area contributed by atoms with E-state index in [1.807, 2.05) is 0 Å². The number of hydrogen-bond acceptors (Lipinski definition) is 8. The summed E-state index contributed by atoms with van der Waals surface area (Å²) < 4.78 is 183. The number of aliphatic hydroxyl groups excluding tert-OH is 4. The predicted molar refractivity (Wildman–Crippen MR) is 91.6 cm³/mol. The van der Waals surface area contributed by atoms with Crippen LogP contribution in [-0.2, 0) is 14.2 Å². The van der Waals surface area contributed by atoms with Gasteiger partial charge in [0, 0.05) is 0 Å². The summed E-state index contributed by atoms with van der Waals surface area (Å²) in [5.74, 6) is -40.8. The van der Waals surface area contributed by atoms with Gasteiger partial charge in [0.25, 0.3) is 0 Å². The van der Waals surface area contributed by atoms with Gasteiger partial charge >= 0.3 is 41.8 Å². The Morgan fingerprint density at radius 2 is 1.24 bits per heavy atom. The Morgan fingerprint density at radius 3 is 1.71 bits per heavy atom. The van der Waals surface area contributed by atoms with E-state index in [1.165, 1.54) is 0 Å². The lowest BCUT2D eigenvalue weighted by Crippen LogP contribution is -2.69. The van der Waals surface area contributed by atoms with Gasteiger partial charge in [0.2, 0.25) is 0 Å². The zero-order valence-corrected chi connectivity index (χ0v) is 18.2. The number of allylic oxidation sites excluding steroid dienone is 1. The molecule has 0 spiro atoms. The second-order valence-corrected chi connectivity index (χ2v) is 7.64. The Balaban J connectivity index is 2.80. The lowest BCUT2D eigenvalue weighted by molar-refractivity contribution is -0.449. The zero-order valence-electron chi connectivity index (χ0n) is 18.2. The highest BCUT2D eigenvalue weighted by Gasteiger charge is 2.90. The minimum Gasteiger partial charge on any atom is -0.394 e. The predicted octanol–water partition coefficient (Wildman–Crippen LogP) is 1.43. The molecule has 5 N–H and O–H groups in total. The third-order valence-corrected chi connectivity index (χ3v) is 4.96. The van der Waals surface area contributed by atoms with Gasteiger partial charge < -0.3 is 39.7 Å². The van der Waals surface area contributed by atoms with Crippen molar-refractivity contribution >= 4 is 0 Å². The number of halogens is 13. The van der Waals surface area contributed by atoms with E-state index >= 15 is 0 Å². The van der Waals surface area contributed by atoms with Crippen molar-refractivity contribution in [3.8, 4) is 0 Å². The number of hydrogen-bond donors (Lipinski definition) is 5. The van der Waals surface area contributed by atoms with Crippen LogP contribution in [0.25, 0.3) is 0 Å². The molecule has 8 nitrogen and oxygen atoms in total. The molecule has 1 rings (SSSR count). The average Bonchev–Trinajstić information content (AvgIpc) is 2.78. The first-order valence-electron chi connectivity index (χ1n) is 9.76. The van der Waals surface area contributed by atoms with Crippen LogP contribution in [0.1, 0.15) is 0 Å². The lowest BCUT2D eigenvalue weighted by Gasteiger charge is -2.44. The van der Waals surface area contributed by atoms with Gasteiger partial charge in [-0.3, -0.25) is 0 Å². The average molecular weight is 598 g/mol. The Morgan fingerprint density at radius 1 is 0.737 bits per heavy atom. The summed E-state index contributed by atoms with van der Waals surface area (Å²) >= 11 is 0. The molecule has 21 heteroatoms. The molecule has 0 aromatic carbocycles. The van der Waals surface area contributed by atoms with Gasteiger partial charge in [-0.1, -0.05) is 6.08 Å². The molecule has 0 bridgehead atoms. The first-order valence-corrected chi connectivity index (χ1v) is 9.76. The smallest absolute Gasteiger partial charge is 0.394 e. The summed E-state index contributed by atoms with van der Waals surface area (Å²) in [6.45, 7) is -3.96. The summed E-state index contributed by atoms with van der Waals surface area (Å²) in [6, 6.07) is 0. The van der Waals surface area contributed by atoms with Crippen LogP contribution in [0.5, 0.6) is 0 Å².